The van der Waals surface area contributed by atoms with Crippen molar-refractivity contribution in [1.82, 2.24) is 4.37 Å². The van der Waals surface area contributed by atoms with Gasteiger partial charge in [0.15, 0.2) is 0 Å². The van der Waals surface area contributed by atoms with E-state index < -0.39 is 0 Å². The van der Waals surface area contributed by atoms with Gasteiger partial charge in [-0.3, -0.25) is 0 Å². The number of aromatic nitrogens is 1. The lowest BCUT2D eigenvalue weighted by molar-refractivity contribution is 0.0526. The normalized spacial score (nSPS) is 12.5. The molecule has 0 spiro atoms. The summed E-state index contributed by atoms with van der Waals surface area (Å²) in [5.41, 5.74) is 1.24. The number of nitrogens with zero attached hydrogens (tertiary/aromatic N) is 1. The molecule has 1 aromatic rings. The van der Waals surface area contributed by atoms with Gasteiger partial charge in [0, 0.05) is 6.61 Å². The smallest absolute Gasteiger partial charge is 0.343 e. The van der Waals surface area contributed by atoms with Crippen LogP contribution in [0.15, 0.2) is 0 Å². The minimum absolute atomic E-state index is 0.142. The lowest BCUT2D eigenvalue weighted by atomic mass is 10.1. The number of ether oxygens (including phenoxy) is 2. The van der Waals surface area contributed by atoms with Crippen LogP contribution in [-0.4, -0.2) is 36.2 Å². The zero-order valence-corrected chi connectivity index (χ0v) is 13.7. The molecule has 0 amide bonds. The van der Waals surface area contributed by atoms with E-state index in [9.17, 15) is 4.79 Å². The third-order valence-electron chi connectivity index (χ3n) is 2.97. The number of hydrogen-bond acceptors (Lipinski definition) is 6. The Kier molecular flexibility index (Phi) is 6.95. The van der Waals surface area contributed by atoms with Crippen molar-refractivity contribution >= 4 is 22.5 Å². The van der Waals surface area contributed by atoms with Crippen molar-refractivity contribution in [2.24, 2.45) is 5.92 Å². The summed E-state index contributed by atoms with van der Waals surface area (Å²) >= 11 is 1.29. The maximum atomic E-state index is 12.0. The average molecular weight is 300 g/mol. The van der Waals surface area contributed by atoms with E-state index in [2.05, 4.69) is 23.5 Å². The Balaban J connectivity index is 2.87. The quantitative estimate of drug-likeness (QED) is 0.748. The van der Waals surface area contributed by atoms with Crippen molar-refractivity contribution < 1.29 is 14.3 Å². The van der Waals surface area contributed by atoms with Gasteiger partial charge in [-0.15, -0.1) is 0 Å². The number of hydrogen-bond donors (Lipinski definition) is 1. The van der Waals surface area contributed by atoms with Crippen molar-refractivity contribution in [3.05, 3.63) is 11.3 Å². The molecule has 1 aromatic heterocycles. The Hall–Kier alpha value is -1.14. The van der Waals surface area contributed by atoms with E-state index in [-0.39, 0.29) is 12.0 Å². The molecular formula is C14H24N2O3S. The topological polar surface area (TPSA) is 60.5 Å². The third kappa shape index (κ3) is 4.45. The van der Waals surface area contributed by atoms with Crippen LogP contribution in [-0.2, 0) is 9.47 Å². The molecule has 1 unspecified atom stereocenters. The molecule has 114 valence electrons. The monoisotopic (exact) mass is 300 g/mol. The Morgan fingerprint density at radius 1 is 1.35 bits per heavy atom. The van der Waals surface area contributed by atoms with Gasteiger partial charge in [-0.2, -0.15) is 4.37 Å². The molecular weight excluding hydrogens is 276 g/mol. The van der Waals surface area contributed by atoms with Gasteiger partial charge >= 0.3 is 5.97 Å². The Bertz CT molecular complexity index is 432. The molecule has 0 aliphatic heterocycles. The van der Waals surface area contributed by atoms with Gasteiger partial charge in [-0.05, 0) is 38.2 Å². The second-order valence-electron chi connectivity index (χ2n) is 4.85. The molecule has 1 rings (SSSR count). The maximum Gasteiger partial charge on any atom is 0.343 e. The predicted molar refractivity (Wildman–Crippen MR) is 81.5 cm³/mol. The molecule has 6 heteroatoms. The van der Waals surface area contributed by atoms with E-state index >= 15 is 0 Å². The Labute approximate surface area is 124 Å². The zero-order valence-electron chi connectivity index (χ0n) is 12.9. The van der Waals surface area contributed by atoms with Gasteiger partial charge in [0.2, 0.25) is 0 Å². The number of carbonyl (C=O) groups excluding carboxylic acids is 1. The summed E-state index contributed by atoms with van der Waals surface area (Å²) in [6.07, 6.45) is 0. The summed E-state index contributed by atoms with van der Waals surface area (Å²) in [7, 11) is 0. The van der Waals surface area contributed by atoms with E-state index in [4.69, 9.17) is 9.47 Å². The molecule has 0 saturated heterocycles. The largest absolute Gasteiger partial charge is 0.462 e. The van der Waals surface area contributed by atoms with Crippen molar-refractivity contribution in [3.8, 4) is 0 Å². The summed E-state index contributed by atoms with van der Waals surface area (Å²) in [5.74, 6) is 0.0687. The SMILES string of the molecule is CCOCC(Nc1snc(C)c1C(=O)OCC)C(C)C. The van der Waals surface area contributed by atoms with Crippen LogP contribution in [0.4, 0.5) is 5.00 Å². The van der Waals surface area contributed by atoms with Crippen LogP contribution in [0.5, 0.6) is 0 Å². The molecule has 0 fully saturated rings. The van der Waals surface area contributed by atoms with Crippen LogP contribution >= 0.6 is 11.5 Å². The first-order valence-corrected chi connectivity index (χ1v) is 7.76. The number of esters is 1. The summed E-state index contributed by atoms with van der Waals surface area (Å²) in [6.45, 7) is 11.5. The second kappa shape index (κ2) is 8.21. The summed E-state index contributed by atoms with van der Waals surface area (Å²) in [5, 5.41) is 4.14. The lowest BCUT2D eigenvalue weighted by Crippen LogP contribution is -2.31. The second-order valence-corrected chi connectivity index (χ2v) is 5.62. The fraction of sp³-hybridized carbons (Fsp3) is 0.714. The fourth-order valence-electron chi connectivity index (χ4n) is 1.73. The first kappa shape index (κ1) is 16.9. The number of rotatable bonds is 8. The highest BCUT2D eigenvalue weighted by Gasteiger charge is 2.23. The van der Waals surface area contributed by atoms with Crippen molar-refractivity contribution in [2.45, 2.75) is 40.7 Å². The number of anilines is 1. The molecule has 0 aliphatic carbocycles. The molecule has 0 bridgehead atoms. The molecule has 0 radical (unpaired) electrons. The number of nitrogens with one attached hydrogen (secondary N) is 1. The number of aryl methyl sites for hydroxylation is 1. The Morgan fingerprint density at radius 3 is 2.60 bits per heavy atom. The maximum absolute atomic E-state index is 12.0. The highest BCUT2D eigenvalue weighted by atomic mass is 32.1. The summed E-state index contributed by atoms with van der Waals surface area (Å²) in [6, 6.07) is 0.142. The lowest BCUT2D eigenvalue weighted by Gasteiger charge is -2.22. The van der Waals surface area contributed by atoms with E-state index in [1.165, 1.54) is 11.5 Å². The van der Waals surface area contributed by atoms with Gasteiger partial charge in [0.1, 0.15) is 10.6 Å². The van der Waals surface area contributed by atoms with Crippen molar-refractivity contribution in [1.29, 1.82) is 0 Å². The predicted octanol–water partition coefficient (Wildman–Crippen LogP) is 3.10. The van der Waals surface area contributed by atoms with E-state index in [0.717, 1.165) is 5.00 Å². The molecule has 0 aliphatic rings. The molecule has 1 N–H and O–H groups in total. The number of carbonyl (C=O) groups is 1. The summed E-state index contributed by atoms with van der Waals surface area (Å²) in [4.78, 5) is 12.0. The fourth-order valence-corrected chi connectivity index (χ4v) is 2.57. The van der Waals surface area contributed by atoms with Crippen LogP contribution in [0.25, 0.3) is 0 Å². The van der Waals surface area contributed by atoms with Crippen molar-refractivity contribution in [3.63, 3.8) is 0 Å². The van der Waals surface area contributed by atoms with Crippen LogP contribution in [0.2, 0.25) is 0 Å². The first-order chi connectivity index (χ1) is 9.51. The van der Waals surface area contributed by atoms with Crippen LogP contribution < -0.4 is 5.32 Å². The highest BCUT2D eigenvalue weighted by Crippen LogP contribution is 2.27. The molecule has 0 saturated carbocycles. The minimum atomic E-state index is -0.319. The van der Waals surface area contributed by atoms with Crippen LogP contribution in [0.3, 0.4) is 0 Å². The van der Waals surface area contributed by atoms with E-state index in [0.29, 0.717) is 37.0 Å². The molecule has 0 aromatic carbocycles. The average Bonchev–Trinajstić information content (AvgIpc) is 2.75. The molecule has 1 atom stereocenters. The molecule has 5 nitrogen and oxygen atoms in total. The third-order valence-corrected chi connectivity index (χ3v) is 3.83. The standard InChI is InChI=1S/C14H24N2O3S/c1-6-18-8-11(9(3)4)15-13-12(10(5)16-20-13)14(17)19-7-2/h9,11,15H,6-8H2,1-5H3. The minimum Gasteiger partial charge on any atom is -0.462 e. The summed E-state index contributed by atoms with van der Waals surface area (Å²) < 4.78 is 14.8. The highest BCUT2D eigenvalue weighted by molar-refractivity contribution is 7.10. The Morgan fingerprint density at radius 2 is 2.05 bits per heavy atom. The van der Waals surface area contributed by atoms with Gasteiger partial charge in [0.25, 0.3) is 0 Å². The molecule has 1 heterocycles. The van der Waals surface area contributed by atoms with E-state index in [1.54, 1.807) is 6.92 Å². The van der Waals surface area contributed by atoms with Gasteiger partial charge < -0.3 is 14.8 Å². The van der Waals surface area contributed by atoms with Crippen LogP contribution in [0, 0.1) is 12.8 Å². The van der Waals surface area contributed by atoms with E-state index in [1.807, 2.05) is 13.8 Å². The van der Waals surface area contributed by atoms with Gasteiger partial charge in [0.05, 0.1) is 24.9 Å². The zero-order chi connectivity index (χ0) is 15.1. The molecule has 20 heavy (non-hydrogen) atoms. The van der Waals surface area contributed by atoms with Gasteiger partial charge in [-0.1, -0.05) is 13.8 Å². The van der Waals surface area contributed by atoms with Gasteiger partial charge in [-0.25, -0.2) is 4.79 Å². The van der Waals surface area contributed by atoms with Crippen molar-refractivity contribution in [2.75, 3.05) is 25.1 Å². The van der Waals surface area contributed by atoms with Crippen LogP contribution in [0.1, 0.15) is 43.7 Å². The first-order valence-electron chi connectivity index (χ1n) is 6.98.